The number of hydrogen-bond donors (Lipinski definition) is 3. The van der Waals surface area contributed by atoms with Crippen LogP contribution in [0.5, 0.6) is 0 Å². The zero-order valence-electron chi connectivity index (χ0n) is 14.6. The Bertz CT molecular complexity index is 1010. The first-order valence-electron chi connectivity index (χ1n) is 8.31. The minimum atomic E-state index is -0.646. The Labute approximate surface area is 166 Å². The molecule has 3 N–H and O–H groups in total. The summed E-state index contributed by atoms with van der Waals surface area (Å²) in [6.07, 6.45) is 0. The molecule has 0 radical (unpaired) electrons. The maximum absolute atomic E-state index is 12.3. The number of nitrogens with one attached hydrogen (secondary N) is 3. The second-order valence-electron chi connectivity index (χ2n) is 5.75. The van der Waals surface area contributed by atoms with Crippen molar-refractivity contribution in [2.75, 3.05) is 10.6 Å². The number of rotatable bonds is 5. The number of nitrogens with zero attached hydrogens (tertiary/aromatic N) is 1. The van der Waals surface area contributed by atoms with Gasteiger partial charge in [0.25, 0.3) is 11.6 Å². The van der Waals surface area contributed by atoms with E-state index in [9.17, 15) is 14.9 Å². The molecule has 1 amide bonds. The average molecular weight is 392 g/mol. The van der Waals surface area contributed by atoms with E-state index >= 15 is 0 Å². The SMILES string of the molecule is O=C(NC(=S)Nc1ccc(Nc2ccccc2)cc1)c1ccccc1[N+](=O)[O-]. The fourth-order valence-electron chi connectivity index (χ4n) is 2.48. The first-order valence-corrected chi connectivity index (χ1v) is 8.71. The van der Waals surface area contributed by atoms with Gasteiger partial charge in [-0.2, -0.15) is 0 Å². The lowest BCUT2D eigenvalue weighted by atomic mass is 10.1. The number of amides is 1. The molecule has 0 spiro atoms. The van der Waals surface area contributed by atoms with E-state index in [1.165, 1.54) is 18.2 Å². The monoisotopic (exact) mass is 392 g/mol. The van der Waals surface area contributed by atoms with Gasteiger partial charge in [0.15, 0.2) is 5.11 Å². The molecule has 0 heterocycles. The van der Waals surface area contributed by atoms with Crippen molar-refractivity contribution in [2.24, 2.45) is 0 Å². The van der Waals surface area contributed by atoms with Crippen molar-refractivity contribution in [3.63, 3.8) is 0 Å². The van der Waals surface area contributed by atoms with E-state index in [2.05, 4.69) is 16.0 Å². The molecule has 8 heteroatoms. The van der Waals surface area contributed by atoms with Crippen LogP contribution in [0.2, 0.25) is 0 Å². The van der Waals surface area contributed by atoms with E-state index in [0.29, 0.717) is 5.69 Å². The molecule has 0 unspecified atom stereocenters. The highest BCUT2D eigenvalue weighted by molar-refractivity contribution is 7.80. The second kappa shape index (κ2) is 8.74. The highest BCUT2D eigenvalue weighted by Crippen LogP contribution is 2.19. The average Bonchev–Trinajstić information content (AvgIpc) is 2.70. The smallest absolute Gasteiger partial charge is 0.282 e. The Morgan fingerprint density at radius 3 is 2.07 bits per heavy atom. The highest BCUT2D eigenvalue weighted by Gasteiger charge is 2.19. The third kappa shape index (κ3) is 4.89. The Balaban J connectivity index is 1.60. The van der Waals surface area contributed by atoms with Crippen LogP contribution in [0, 0.1) is 10.1 Å². The van der Waals surface area contributed by atoms with Gasteiger partial charge in [-0.1, -0.05) is 30.3 Å². The molecule has 0 saturated carbocycles. The summed E-state index contributed by atoms with van der Waals surface area (Å²) in [6, 6.07) is 22.8. The molecule has 0 aromatic heterocycles. The van der Waals surface area contributed by atoms with E-state index < -0.39 is 10.8 Å². The van der Waals surface area contributed by atoms with Gasteiger partial charge in [0.05, 0.1) is 4.92 Å². The summed E-state index contributed by atoms with van der Waals surface area (Å²) in [5.41, 5.74) is 2.20. The molecular formula is C20H16N4O3S. The zero-order chi connectivity index (χ0) is 19.9. The molecule has 0 aliphatic carbocycles. The van der Waals surface area contributed by atoms with Crippen LogP contribution in [0.1, 0.15) is 10.4 Å². The minimum absolute atomic E-state index is 0.0481. The number of nitro benzene ring substituents is 1. The molecule has 0 bridgehead atoms. The number of anilines is 3. The van der Waals surface area contributed by atoms with Crippen LogP contribution in [0.25, 0.3) is 0 Å². The highest BCUT2D eigenvalue weighted by atomic mass is 32.1. The first kappa shape index (κ1) is 19.0. The molecule has 0 saturated heterocycles. The van der Waals surface area contributed by atoms with Crippen LogP contribution >= 0.6 is 12.2 Å². The molecule has 0 atom stereocenters. The van der Waals surface area contributed by atoms with E-state index in [1.54, 1.807) is 18.2 Å². The quantitative estimate of drug-likeness (QED) is 0.337. The summed E-state index contributed by atoms with van der Waals surface area (Å²) >= 11 is 5.13. The first-order chi connectivity index (χ1) is 13.5. The zero-order valence-corrected chi connectivity index (χ0v) is 15.4. The van der Waals surface area contributed by atoms with E-state index in [-0.39, 0.29) is 16.4 Å². The Kier molecular flexibility index (Phi) is 5.93. The van der Waals surface area contributed by atoms with Gasteiger partial charge in [0.1, 0.15) is 5.56 Å². The normalized spacial score (nSPS) is 10.0. The summed E-state index contributed by atoms with van der Waals surface area (Å²) in [5.74, 6) is -0.646. The number of hydrogen-bond acceptors (Lipinski definition) is 5. The number of benzene rings is 3. The van der Waals surface area contributed by atoms with Crippen LogP contribution in [0.3, 0.4) is 0 Å². The van der Waals surface area contributed by atoms with Gasteiger partial charge < -0.3 is 10.6 Å². The maximum atomic E-state index is 12.3. The lowest BCUT2D eigenvalue weighted by molar-refractivity contribution is -0.385. The molecule has 7 nitrogen and oxygen atoms in total. The number of thiocarbonyl (C=S) groups is 1. The van der Waals surface area contributed by atoms with Crippen LogP contribution in [-0.2, 0) is 0 Å². The minimum Gasteiger partial charge on any atom is -0.356 e. The molecule has 3 aromatic rings. The molecule has 0 fully saturated rings. The number of carbonyl (C=O) groups excluding carboxylic acids is 1. The van der Waals surface area contributed by atoms with Crippen molar-refractivity contribution in [3.8, 4) is 0 Å². The summed E-state index contributed by atoms with van der Waals surface area (Å²) < 4.78 is 0. The number of para-hydroxylation sites is 2. The van der Waals surface area contributed by atoms with Crippen molar-refractivity contribution in [3.05, 3.63) is 94.5 Å². The molecule has 3 aromatic carbocycles. The fourth-order valence-corrected chi connectivity index (χ4v) is 2.69. The van der Waals surface area contributed by atoms with Crippen molar-refractivity contribution in [1.29, 1.82) is 0 Å². The van der Waals surface area contributed by atoms with Crippen molar-refractivity contribution in [2.45, 2.75) is 0 Å². The molecule has 0 aliphatic heterocycles. The summed E-state index contributed by atoms with van der Waals surface area (Å²) in [5, 5.41) is 19.7. The summed E-state index contributed by atoms with van der Waals surface area (Å²) in [7, 11) is 0. The lowest BCUT2D eigenvalue weighted by Crippen LogP contribution is -2.34. The van der Waals surface area contributed by atoms with Crippen LogP contribution in [0.4, 0.5) is 22.7 Å². The Morgan fingerprint density at radius 2 is 1.39 bits per heavy atom. The standard InChI is InChI=1S/C20H16N4O3S/c25-19(17-8-4-5-9-18(17)24(26)27)23-20(28)22-16-12-10-15(11-13-16)21-14-6-2-1-3-7-14/h1-13,21H,(H2,22,23,25,28). The van der Waals surface area contributed by atoms with Crippen molar-refractivity contribution < 1.29 is 9.72 Å². The van der Waals surface area contributed by atoms with Gasteiger partial charge in [-0.25, -0.2) is 0 Å². The van der Waals surface area contributed by atoms with Gasteiger partial charge in [0, 0.05) is 23.1 Å². The topological polar surface area (TPSA) is 96.3 Å². The summed E-state index contributed by atoms with van der Waals surface area (Å²) in [4.78, 5) is 22.7. The number of carbonyl (C=O) groups is 1. The predicted molar refractivity (Wildman–Crippen MR) is 113 cm³/mol. The van der Waals surface area contributed by atoms with Gasteiger partial charge in [-0.3, -0.25) is 20.2 Å². The third-order valence-electron chi connectivity index (χ3n) is 3.78. The van der Waals surface area contributed by atoms with Crippen molar-refractivity contribution >= 4 is 46.0 Å². The molecule has 0 aliphatic rings. The Morgan fingerprint density at radius 1 is 0.821 bits per heavy atom. The van der Waals surface area contributed by atoms with Gasteiger partial charge in [-0.05, 0) is 54.7 Å². The van der Waals surface area contributed by atoms with E-state index in [1.807, 2.05) is 42.5 Å². The van der Waals surface area contributed by atoms with Crippen LogP contribution in [-0.4, -0.2) is 15.9 Å². The van der Waals surface area contributed by atoms with Crippen LogP contribution < -0.4 is 16.0 Å². The van der Waals surface area contributed by atoms with Gasteiger partial charge in [0.2, 0.25) is 0 Å². The van der Waals surface area contributed by atoms with E-state index in [0.717, 1.165) is 11.4 Å². The maximum Gasteiger partial charge on any atom is 0.282 e. The van der Waals surface area contributed by atoms with Gasteiger partial charge >= 0.3 is 0 Å². The Hall–Kier alpha value is -3.78. The predicted octanol–water partition coefficient (Wildman–Crippen LogP) is 4.47. The molecule has 3 rings (SSSR count). The lowest BCUT2D eigenvalue weighted by Gasteiger charge is -2.11. The number of nitro groups is 1. The van der Waals surface area contributed by atoms with E-state index in [4.69, 9.17) is 12.2 Å². The largest absolute Gasteiger partial charge is 0.356 e. The second-order valence-corrected chi connectivity index (χ2v) is 6.16. The van der Waals surface area contributed by atoms with Crippen LogP contribution in [0.15, 0.2) is 78.9 Å². The molecular weight excluding hydrogens is 376 g/mol. The van der Waals surface area contributed by atoms with Crippen molar-refractivity contribution in [1.82, 2.24) is 5.32 Å². The molecule has 28 heavy (non-hydrogen) atoms. The molecule has 140 valence electrons. The fraction of sp³-hybridized carbons (Fsp3) is 0. The summed E-state index contributed by atoms with van der Waals surface area (Å²) in [6.45, 7) is 0. The third-order valence-corrected chi connectivity index (χ3v) is 3.98. The van der Waals surface area contributed by atoms with Gasteiger partial charge in [-0.15, -0.1) is 0 Å².